The molecule has 0 unspecified atom stereocenters. The van der Waals surface area contributed by atoms with E-state index in [0.29, 0.717) is 23.4 Å². The highest BCUT2D eigenvalue weighted by molar-refractivity contribution is 9.10. The van der Waals surface area contributed by atoms with Gasteiger partial charge >= 0.3 is 0 Å². The smallest absolute Gasteiger partial charge is 0.255 e. The van der Waals surface area contributed by atoms with Gasteiger partial charge in [0.1, 0.15) is 13.2 Å². The van der Waals surface area contributed by atoms with Gasteiger partial charge in [-0.3, -0.25) is 4.79 Å². The molecule has 0 aliphatic carbocycles. The van der Waals surface area contributed by atoms with Crippen molar-refractivity contribution >= 4 is 21.8 Å². The Morgan fingerprint density at radius 1 is 1.22 bits per heavy atom. The number of phenolic OH excluding ortho intramolecular Hbond substituents is 1. The predicted molar refractivity (Wildman–Crippen MR) is 92.4 cm³/mol. The van der Waals surface area contributed by atoms with Crippen molar-refractivity contribution in [2.45, 2.75) is 46.6 Å². The molecule has 0 saturated carbocycles. The lowest BCUT2D eigenvalue weighted by Crippen LogP contribution is -2.45. The summed E-state index contributed by atoms with van der Waals surface area (Å²) in [4.78, 5) is 12.6. The molecule has 0 atom stereocenters. The highest BCUT2D eigenvalue weighted by Crippen LogP contribution is 2.46. The summed E-state index contributed by atoms with van der Waals surface area (Å²) in [5, 5.41) is 13.4. The maximum Gasteiger partial charge on any atom is 0.255 e. The third kappa shape index (κ3) is 4.31. The molecular weight excluding hydrogens is 362 g/mol. The average molecular weight is 386 g/mol. The monoisotopic (exact) mass is 385 g/mol. The number of carbonyl (C=O) groups is 1. The Kier molecular flexibility index (Phi) is 4.85. The normalized spacial score (nSPS) is 14.5. The number of nitrogens with one attached hydrogen (secondary N) is 1. The Morgan fingerprint density at radius 2 is 1.78 bits per heavy atom. The van der Waals surface area contributed by atoms with Gasteiger partial charge in [0.2, 0.25) is 5.75 Å². The van der Waals surface area contributed by atoms with Crippen LogP contribution in [0.5, 0.6) is 17.2 Å². The average Bonchev–Trinajstić information content (AvgIpc) is 2.39. The van der Waals surface area contributed by atoms with Crippen molar-refractivity contribution in [1.82, 2.24) is 5.32 Å². The molecule has 6 heteroatoms. The molecule has 23 heavy (non-hydrogen) atoms. The van der Waals surface area contributed by atoms with Crippen LogP contribution in [0.3, 0.4) is 0 Å². The van der Waals surface area contributed by atoms with Crippen LogP contribution in [0.15, 0.2) is 10.5 Å². The lowest BCUT2D eigenvalue weighted by molar-refractivity contribution is 0.0886. The minimum Gasteiger partial charge on any atom is -0.504 e. The van der Waals surface area contributed by atoms with Crippen molar-refractivity contribution in [2.24, 2.45) is 5.41 Å². The number of rotatable bonds is 3. The molecule has 1 amide bonds. The van der Waals surface area contributed by atoms with Gasteiger partial charge in [-0.05, 0) is 47.7 Å². The second-order valence-electron chi connectivity index (χ2n) is 7.69. The van der Waals surface area contributed by atoms with Crippen LogP contribution in [-0.2, 0) is 0 Å². The Balaban J connectivity index is 2.28. The van der Waals surface area contributed by atoms with E-state index < -0.39 is 5.54 Å². The lowest BCUT2D eigenvalue weighted by Gasteiger charge is -2.33. The van der Waals surface area contributed by atoms with E-state index in [9.17, 15) is 9.90 Å². The topological polar surface area (TPSA) is 67.8 Å². The molecule has 0 spiro atoms. The van der Waals surface area contributed by atoms with E-state index in [1.165, 1.54) is 0 Å². The third-order valence-corrected chi connectivity index (χ3v) is 4.00. The Labute approximate surface area is 145 Å². The molecule has 1 aromatic carbocycles. The SMILES string of the molecule is CC(C)(C)CC(C)(C)NC(=O)c1cc(Br)c2c(c1O)OCCO2. The number of amides is 1. The maximum absolute atomic E-state index is 12.6. The van der Waals surface area contributed by atoms with Gasteiger partial charge < -0.3 is 19.9 Å². The van der Waals surface area contributed by atoms with Gasteiger partial charge in [-0.1, -0.05) is 20.8 Å². The summed E-state index contributed by atoms with van der Waals surface area (Å²) in [6.45, 7) is 11.1. The molecule has 128 valence electrons. The minimum absolute atomic E-state index is 0.0756. The zero-order valence-corrected chi connectivity index (χ0v) is 15.8. The largest absolute Gasteiger partial charge is 0.504 e. The van der Waals surface area contributed by atoms with E-state index in [4.69, 9.17) is 9.47 Å². The molecule has 1 aliphatic rings. The number of hydrogen-bond acceptors (Lipinski definition) is 4. The fourth-order valence-electron chi connectivity index (χ4n) is 3.07. The highest BCUT2D eigenvalue weighted by atomic mass is 79.9. The number of benzene rings is 1. The van der Waals surface area contributed by atoms with Crippen LogP contribution >= 0.6 is 15.9 Å². The van der Waals surface area contributed by atoms with Gasteiger partial charge in [-0.15, -0.1) is 0 Å². The molecule has 0 fully saturated rings. The Hall–Kier alpha value is -1.43. The summed E-state index contributed by atoms with van der Waals surface area (Å²) in [7, 11) is 0. The lowest BCUT2D eigenvalue weighted by atomic mass is 9.81. The molecular formula is C17H24BrNO4. The van der Waals surface area contributed by atoms with E-state index in [-0.39, 0.29) is 28.4 Å². The van der Waals surface area contributed by atoms with Gasteiger partial charge in [0, 0.05) is 5.54 Å². The predicted octanol–water partition coefficient (Wildman–Crippen LogP) is 3.87. The zero-order chi connectivity index (χ0) is 17.4. The van der Waals surface area contributed by atoms with Gasteiger partial charge in [0.15, 0.2) is 11.5 Å². The van der Waals surface area contributed by atoms with E-state index in [1.54, 1.807) is 6.07 Å². The summed E-state index contributed by atoms with van der Waals surface area (Å²) >= 11 is 3.37. The molecule has 2 rings (SSSR count). The molecule has 0 bridgehead atoms. The van der Waals surface area contributed by atoms with Crippen LogP contribution in [0, 0.1) is 5.41 Å². The van der Waals surface area contributed by atoms with Crippen molar-refractivity contribution in [3.8, 4) is 17.2 Å². The fraction of sp³-hybridized carbons (Fsp3) is 0.588. The summed E-state index contributed by atoms with van der Waals surface area (Å²) in [6, 6.07) is 1.56. The maximum atomic E-state index is 12.6. The molecule has 1 aromatic rings. The van der Waals surface area contributed by atoms with Crippen LogP contribution in [-0.4, -0.2) is 29.8 Å². The van der Waals surface area contributed by atoms with Gasteiger partial charge in [0.25, 0.3) is 5.91 Å². The summed E-state index contributed by atoms with van der Waals surface area (Å²) in [5.74, 6) is 0.116. The van der Waals surface area contributed by atoms with E-state index >= 15 is 0 Å². The molecule has 0 saturated heterocycles. The molecule has 0 aromatic heterocycles. The number of carbonyl (C=O) groups excluding carboxylic acids is 1. The summed E-state index contributed by atoms with van der Waals surface area (Å²) in [6.07, 6.45) is 0.804. The molecule has 2 N–H and O–H groups in total. The number of phenols is 1. The first-order valence-corrected chi connectivity index (χ1v) is 8.43. The first kappa shape index (κ1) is 17.9. The Morgan fingerprint density at radius 3 is 2.35 bits per heavy atom. The molecule has 0 radical (unpaired) electrons. The van der Waals surface area contributed by atoms with E-state index in [1.807, 2.05) is 13.8 Å². The third-order valence-electron chi connectivity index (χ3n) is 3.41. The van der Waals surface area contributed by atoms with Crippen LogP contribution in [0.4, 0.5) is 0 Å². The number of halogens is 1. The molecule has 1 aliphatic heterocycles. The van der Waals surface area contributed by atoms with Gasteiger partial charge in [-0.2, -0.15) is 0 Å². The minimum atomic E-state index is -0.401. The summed E-state index contributed by atoms with van der Waals surface area (Å²) in [5.41, 5.74) is -0.156. The van der Waals surface area contributed by atoms with Crippen molar-refractivity contribution in [2.75, 3.05) is 13.2 Å². The number of hydrogen-bond donors (Lipinski definition) is 2. The van der Waals surface area contributed by atoms with Crippen molar-refractivity contribution in [3.63, 3.8) is 0 Å². The summed E-state index contributed by atoms with van der Waals surface area (Å²) < 4.78 is 11.5. The van der Waals surface area contributed by atoms with Crippen LogP contribution in [0.25, 0.3) is 0 Å². The number of fused-ring (bicyclic) bond motifs is 1. The van der Waals surface area contributed by atoms with Crippen LogP contribution < -0.4 is 14.8 Å². The second kappa shape index (κ2) is 6.23. The van der Waals surface area contributed by atoms with Gasteiger partial charge in [0.05, 0.1) is 10.0 Å². The fourth-order valence-corrected chi connectivity index (χ4v) is 3.60. The number of ether oxygens (including phenoxy) is 2. The standard InChI is InChI=1S/C17H24BrNO4/c1-16(2,3)9-17(4,5)19-15(21)10-8-11(18)13-14(12(10)20)23-7-6-22-13/h8,20H,6-7,9H2,1-5H3,(H,19,21). The highest BCUT2D eigenvalue weighted by Gasteiger charge is 2.30. The zero-order valence-electron chi connectivity index (χ0n) is 14.2. The van der Waals surface area contributed by atoms with Crippen molar-refractivity contribution < 1.29 is 19.4 Å². The van der Waals surface area contributed by atoms with Crippen LogP contribution in [0.1, 0.15) is 51.4 Å². The van der Waals surface area contributed by atoms with Gasteiger partial charge in [-0.25, -0.2) is 0 Å². The first-order valence-electron chi connectivity index (χ1n) is 7.64. The molecule has 1 heterocycles. The first-order chi connectivity index (χ1) is 10.5. The molecule has 5 nitrogen and oxygen atoms in total. The second-order valence-corrected chi connectivity index (χ2v) is 8.54. The number of aromatic hydroxyl groups is 1. The van der Waals surface area contributed by atoms with Crippen LogP contribution in [0.2, 0.25) is 0 Å². The van der Waals surface area contributed by atoms with E-state index in [2.05, 4.69) is 42.0 Å². The Bertz CT molecular complexity index is 620. The quantitative estimate of drug-likeness (QED) is 0.828. The van der Waals surface area contributed by atoms with E-state index in [0.717, 1.165) is 6.42 Å². The van der Waals surface area contributed by atoms with Crippen molar-refractivity contribution in [1.29, 1.82) is 0 Å². The van der Waals surface area contributed by atoms with Crippen molar-refractivity contribution in [3.05, 3.63) is 16.1 Å².